The Morgan fingerprint density at radius 3 is 2.03 bits per heavy atom. The molecule has 0 aliphatic rings. The van der Waals surface area contributed by atoms with Crippen molar-refractivity contribution < 1.29 is 19.1 Å². The van der Waals surface area contributed by atoms with Gasteiger partial charge in [0.2, 0.25) is 5.91 Å². The Bertz CT molecular complexity index is 574. The van der Waals surface area contributed by atoms with E-state index in [1.165, 1.54) is 25.7 Å². The van der Waals surface area contributed by atoms with Crippen LogP contribution in [0, 0.1) is 0 Å². The molecule has 0 aliphatic heterocycles. The first-order chi connectivity index (χ1) is 17.9. The van der Waals surface area contributed by atoms with Crippen LogP contribution < -0.4 is 16.4 Å². The highest BCUT2D eigenvalue weighted by Gasteiger charge is 2.20. The average Bonchev–Trinajstić information content (AvgIpc) is 2.97. The molecule has 1 amide bonds. The van der Waals surface area contributed by atoms with Gasteiger partial charge in [0.1, 0.15) is 12.6 Å². The van der Waals surface area contributed by atoms with Crippen LogP contribution in [0.2, 0.25) is 0 Å². The number of methoxy groups -OCH3 is 1. The summed E-state index contributed by atoms with van der Waals surface area (Å²) in [6.07, 6.45) is 4.47. The van der Waals surface area contributed by atoms with E-state index in [9.17, 15) is 9.59 Å². The lowest BCUT2D eigenvalue weighted by molar-refractivity contribution is -0.143. The van der Waals surface area contributed by atoms with E-state index in [-0.39, 0.29) is 18.5 Å². The molecule has 9 heteroatoms. The molecule has 2 unspecified atom stereocenters. The first-order valence-electron chi connectivity index (χ1n) is 13.5. The van der Waals surface area contributed by atoms with E-state index in [2.05, 4.69) is 55.0 Å². The molecule has 37 heavy (non-hydrogen) atoms. The van der Waals surface area contributed by atoms with Gasteiger partial charge in [-0.3, -0.25) is 9.59 Å². The van der Waals surface area contributed by atoms with Crippen LogP contribution in [-0.4, -0.2) is 75.1 Å². The maximum atomic E-state index is 12.3. The van der Waals surface area contributed by atoms with E-state index in [0.29, 0.717) is 31.9 Å². The molecule has 0 saturated carbocycles. The Labute approximate surface area is 238 Å². The zero-order valence-corrected chi connectivity index (χ0v) is 26.7. The summed E-state index contributed by atoms with van der Waals surface area (Å²) in [6, 6.07) is 9.54. The number of carbonyl (C=O) groups excluding carboxylic acids is 2. The molecule has 0 bridgehead atoms. The monoisotopic (exact) mass is 563 g/mol. The molecule has 220 valence electrons. The molecular formula is C28H57N3O4S2. The second-order valence-corrected chi connectivity index (χ2v) is 8.59. The Hall–Kier alpha value is -1.26. The number of nitrogens with one attached hydrogen (secondary N) is 2. The van der Waals surface area contributed by atoms with Crippen LogP contribution in [0.1, 0.15) is 66.9 Å². The number of unbranched alkanes of at least 4 members (excludes halogenated alkanes) is 1. The topological polar surface area (TPSA) is 103 Å². The number of hydrogen-bond acceptors (Lipinski definition) is 8. The number of esters is 1. The summed E-state index contributed by atoms with van der Waals surface area (Å²) in [5.41, 5.74) is 6.74. The van der Waals surface area contributed by atoms with Crippen LogP contribution in [0.4, 0.5) is 0 Å². The molecule has 0 fully saturated rings. The van der Waals surface area contributed by atoms with Gasteiger partial charge >= 0.3 is 5.97 Å². The SMILES string of the molecule is CC.CC.CCCC.CCSC.COC(=O)CNC(=O)C(Cc1ccccc1)OCCNCC(N)CS. The molecule has 4 N–H and O–H groups in total. The third-order valence-corrected chi connectivity index (χ3v) is 5.26. The van der Waals surface area contributed by atoms with E-state index in [0.717, 1.165) is 5.56 Å². The highest BCUT2D eigenvalue weighted by Crippen LogP contribution is 2.06. The van der Waals surface area contributed by atoms with Gasteiger partial charge in [0.05, 0.1) is 13.7 Å². The lowest BCUT2D eigenvalue weighted by Crippen LogP contribution is -2.42. The Balaban J connectivity index is -0.000000383. The average molecular weight is 564 g/mol. The van der Waals surface area contributed by atoms with E-state index >= 15 is 0 Å². The summed E-state index contributed by atoms with van der Waals surface area (Å²) >= 11 is 5.97. The summed E-state index contributed by atoms with van der Waals surface area (Å²) in [4.78, 5) is 23.5. The number of amides is 1. The fraction of sp³-hybridized carbons (Fsp3) is 0.714. The molecular weight excluding hydrogens is 506 g/mol. The minimum atomic E-state index is -0.688. The minimum Gasteiger partial charge on any atom is -0.468 e. The molecule has 0 aromatic heterocycles. The fourth-order valence-corrected chi connectivity index (χ4v) is 2.16. The van der Waals surface area contributed by atoms with Crippen molar-refractivity contribution in [3.63, 3.8) is 0 Å². The normalized spacial score (nSPS) is 10.8. The van der Waals surface area contributed by atoms with Gasteiger partial charge in [-0.05, 0) is 17.6 Å². The predicted molar refractivity (Wildman–Crippen MR) is 167 cm³/mol. The van der Waals surface area contributed by atoms with Gasteiger partial charge in [0, 0.05) is 31.3 Å². The van der Waals surface area contributed by atoms with Crippen LogP contribution in [0.3, 0.4) is 0 Å². The number of ether oxygens (including phenoxy) is 2. The zero-order chi connectivity index (χ0) is 29.3. The van der Waals surface area contributed by atoms with Gasteiger partial charge in [-0.1, -0.05) is 91.6 Å². The van der Waals surface area contributed by atoms with Gasteiger partial charge in [-0.25, -0.2) is 0 Å². The maximum absolute atomic E-state index is 12.3. The van der Waals surface area contributed by atoms with Gasteiger partial charge in [0.15, 0.2) is 0 Å². The van der Waals surface area contributed by atoms with Gasteiger partial charge in [-0.15, -0.1) is 0 Å². The molecule has 2 atom stereocenters. The summed E-state index contributed by atoms with van der Waals surface area (Å²) < 4.78 is 10.2. The van der Waals surface area contributed by atoms with E-state index in [1.807, 2.05) is 69.8 Å². The summed E-state index contributed by atoms with van der Waals surface area (Å²) in [7, 11) is 1.27. The first kappa shape index (κ1) is 42.8. The van der Waals surface area contributed by atoms with Crippen molar-refractivity contribution in [3.8, 4) is 0 Å². The predicted octanol–water partition coefficient (Wildman–Crippen LogP) is 4.98. The zero-order valence-electron chi connectivity index (χ0n) is 25.0. The summed E-state index contributed by atoms with van der Waals surface area (Å²) in [6.45, 7) is 15.9. The van der Waals surface area contributed by atoms with Gasteiger partial charge in [-0.2, -0.15) is 24.4 Å². The molecule has 1 aromatic rings. The van der Waals surface area contributed by atoms with Crippen LogP contribution in [0.5, 0.6) is 0 Å². The number of rotatable bonds is 14. The fourth-order valence-electron chi connectivity index (χ4n) is 2.03. The van der Waals surface area contributed by atoms with Crippen LogP contribution in [0.15, 0.2) is 30.3 Å². The van der Waals surface area contributed by atoms with Gasteiger partial charge in [0.25, 0.3) is 0 Å². The van der Waals surface area contributed by atoms with Crippen LogP contribution in [-0.2, 0) is 25.5 Å². The highest BCUT2D eigenvalue weighted by atomic mass is 32.2. The van der Waals surface area contributed by atoms with Crippen molar-refractivity contribution in [2.24, 2.45) is 5.73 Å². The third kappa shape index (κ3) is 32.7. The molecule has 0 radical (unpaired) electrons. The smallest absolute Gasteiger partial charge is 0.325 e. The van der Waals surface area contributed by atoms with Gasteiger partial charge < -0.3 is 25.8 Å². The van der Waals surface area contributed by atoms with Crippen molar-refractivity contribution in [2.75, 3.05) is 51.1 Å². The van der Waals surface area contributed by atoms with Crippen molar-refractivity contribution in [2.45, 2.75) is 79.9 Å². The van der Waals surface area contributed by atoms with Crippen molar-refractivity contribution >= 4 is 36.3 Å². The maximum Gasteiger partial charge on any atom is 0.325 e. The first-order valence-corrected chi connectivity index (χ1v) is 15.5. The molecule has 1 aromatic carbocycles. The largest absolute Gasteiger partial charge is 0.468 e. The van der Waals surface area contributed by atoms with Crippen LogP contribution >= 0.6 is 24.4 Å². The van der Waals surface area contributed by atoms with Crippen molar-refractivity contribution in [1.82, 2.24) is 10.6 Å². The second-order valence-electron chi connectivity index (χ2n) is 7.07. The number of hydrogen-bond donors (Lipinski definition) is 4. The molecule has 1 rings (SSSR count). The Morgan fingerprint density at radius 2 is 1.59 bits per heavy atom. The second kappa shape index (κ2) is 36.9. The van der Waals surface area contributed by atoms with Crippen LogP contribution in [0.25, 0.3) is 0 Å². The quantitative estimate of drug-likeness (QED) is 0.144. The lowest BCUT2D eigenvalue weighted by atomic mass is 10.1. The van der Waals surface area contributed by atoms with E-state index < -0.39 is 12.1 Å². The van der Waals surface area contributed by atoms with Crippen molar-refractivity contribution in [1.29, 1.82) is 0 Å². The Morgan fingerprint density at radius 1 is 1.05 bits per heavy atom. The Kier molecular flexibility index (Phi) is 42.7. The minimum absolute atomic E-state index is 0.0215. The number of benzene rings is 1. The van der Waals surface area contributed by atoms with E-state index in [4.69, 9.17) is 10.5 Å². The number of carbonyl (C=O) groups is 2. The summed E-state index contributed by atoms with van der Waals surface area (Å²) in [5.74, 6) is 0.982. The molecule has 0 spiro atoms. The number of nitrogens with two attached hydrogens (primary N) is 1. The third-order valence-electron chi connectivity index (χ3n) is 4.22. The number of thiol groups is 1. The van der Waals surface area contributed by atoms with E-state index in [1.54, 1.807) is 0 Å². The lowest BCUT2D eigenvalue weighted by Gasteiger charge is -2.18. The molecule has 0 saturated heterocycles. The van der Waals surface area contributed by atoms with Crippen molar-refractivity contribution in [3.05, 3.63) is 35.9 Å². The molecule has 0 heterocycles. The molecule has 0 aliphatic carbocycles. The standard InChI is InChI=1S/C17H27N3O4S.C4H10.C3H8S.2C2H6/c1-23-16(21)11-20-17(22)15(9-13-5-3-2-4-6-13)24-8-7-19-10-14(18)12-25;2*1-3-4-2;2*1-2/h2-6,14-15,19,25H,7-12,18H2,1H3,(H,20,22);3-4H2,1-2H3;3H2,1-2H3;2*1-2H3. The number of thioether (sulfide) groups is 1. The molecule has 7 nitrogen and oxygen atoms in total. The highest BCUT2D eigenvalue weighted by molar-refractivity contribution is 7.98. The summed E-state index contributed by atoms with van der Waals surface area (Å²) in [5, 5.41) is 5.68.